The largest absolute Gasteiger partial charge is 0.423 e. The highest BCUT2D eigenvalue weighted by atomic mass is 16.4. The van der Waals surface area contributed by atoms with Crippen LogP contribution in [0.5, 0.6) is 0 Å². The number of carbonyl (C=O) groups excluding carboxylic acids is 1. The van der Waals surface area contributed by atoms with Crippen LogP contribution in [0.15, 0.2) is 10.5 Å². The first kappa shape index (κ1) is 17.0. The molecule has 1 amide bonds. The molecule has 132 valence electrons. The summed E-state index contributed by atoms with van der Waals surface area (Å²) in [6, 6.07) is 1.53. The van der Waals surface area contributed by atoms with Crippen molar-refractivity contribution < 1.29 is 9.21 Å². The number of aryl methyl sites for hydroxylation is 2. The zero-order chi connectivity index (χ0) is 18.1. The van der Waals surface area contributed by atoms with Gasteiger partial charge in [0.25, 0.3) is 5.78 Å². The summed E-state index contributed by atoms with van der Waals surface area (Å²) in [5.41, 5.74) is 1.78. The molecular weight excluding hydrogens is 322 g/mol. The molecule has 0 saturated heterocycles. The molecule has 3 rings (SSSR count). The van der Waals surface area contributed by atoms with Crippen molar-refractivity contribution >= 4 is 11.7 Å². The van der Waals surface area contributed by atoms with Gasteiger partial charge in [0.15, 0.2) is 5.82 Å². The standard InChI is InChI=1S/C16H21N7O2/c1-8(2)14-20-21-15(25-14)11(5)18-13(24)7-12-19-16-17-9(3)6-10(4)23(16)22-12/h6,8,11H,7H2,1-5H3,(H,18,24). The lowest BCUT2D eigenvalue weighted by atomic mass is 10.2. The fourth-order valence-electron chi connectivity index (χ4n) is 2.44. The number of nitrogens with one attached hydrogen (secondary N) is 1. The molecule has 25 heavy (non-hydrogen) atoms. The van der Waals surface area contributed by atoms with Crippen molar-refractivity contribution in [2.45, 2.75) is 53.0 Å². The van der Waals surface area contributed by atoms with Gasteiger partial charge in [-0.25, -0.2) is 9.50 Å². The third kappa shape index (κ3) is 3.65. The van der Waals surface area contributed by atoms with E-state index in [2.05, 4.69) is 30.6 Å². The van der Waals surface area contributed by atoms with E-state index in [4.69, 9.17) is 4.42 Å². The van der Waals surface area contributed by atoms with Crippen LogP contribution in [0.3, 0.4) is 0 Å². The van der Waals surface area contributed by atoms with Crippen molar-refractivity contribution in [3.63, 3.8) is 0 Å². The highest BCUT2D eigenvalue weighted by Gasteiger charge is 2.19. The lowest BCUT2D eigenvalue weighted by molar-refractivity contribution is -0.121. The van der Waals surface area contributed by atoms with Crippen molar-refractivity contribution in [3.05, 3.63) is 35.1 Å². The molecule has 0 aliphatic carbocycles. The fraction of sp³-hybridized carbons (Fsp3) is 0.500. The summed E-state index contributed by atoms with van der Waals surface area (Å²) in [6.45, 7) is 9.54. The highest BCUT2D eigenvalue weighted by molar-refractivity contribution is 5.78. The van der Waals surface area contributed by atoms with Gasteiger partial charge >= 0.3 is 0 Å². The van der Waals surface area contributed by atoms with Crippen LogP contribution in [0.4, 0.5) is 0 Å². The van der Waals surface area contributed by atoms with E-state index in [1.54, 1.807) is 11.4 Å². The molecular formula is C16H21N7O2. The van der Waals surface area contributed by atoms with Gasteiger partial charge in [-0.05, 0) is 26.8 Å². The number of aromatic nitrogens is 6. The van der Waals surface area contributed by atoms with Crippen LogP contribution in [-0.4, -0.2) is 35.7 Å². The Hall–Kier alpha value is -2.84. The maximum atomic E-state index is 12.3. The Kier molecular flexibility index (Phi) is 4.47. The summed E-state index contributed by atoms with van der Waals surface area (Å²) in [5, 5.41) is 15.1. The zero-order valence-electron chi connectivity index (χ0n) is 14.9. The van der Waals surface area contributed by atoms with Gasteiger partial charge in [0.05, 0.1) is 6.42 Å². The number of amides is 1. The van der Waals surface area contributed by atoms with E-state index in [0.29, 0.717) is 23.4 Å². The summed E-state index contributed by atoms with van der Waals surface area (Å²) < 4.78 is 7.18. The average Bonchev–Trinajstić information content (AvgIpc) is 3.13. The van der Waals surface area contributed by atoms with E-state index in [0.717, 1.165) is 11.4 Å². The number of rotatable bonds is 5. The number of nitrogens with zero attached hydrogens (tertiary/aromatic N) is 6. The monoisotopic (exact) mass is 343 g/mol. The van der Waals surface area contributed by atoms with Gasteiger partial charge in [0, 0.05) is 17.3 Å². The average molecular weight is 343 g/mol. The maximum absolute atomic E-state index is 12.3. The van der Waals surface area contributed by atoms with E-state index in [1.807, 2.05) is 33.8 Å². The van der Waals surface area contributed by atoms with Gasteiger partial charge < -0.3 is 9.73 Å². The summed E-state index contributed by atoms with van der Waals surface area (Å²) in [7, 11) is 0. The minimum atomic E-state index is -0.383. The third-order valence-corrected chi connectivity index (χ3v) is 3.68. The SMILES string of the molecule is Cc1cc(C)n2nc(CC(=O)NC(C)c3nnc(C(C)C)o3)nc2n1. The first-order valence-corrected chi connectivity index (χ1v) is 8.16. The van der Waals surface area contributed by atoms with Crippen LogP contribution in [0.1, 0.15) is 61.7 Å². The van der Waals surface area contributed by atoms with E-state index in [9.17, 15) is 4.79 Å². The molecule has 0 radical (unpaired) electrons. The van der Waals surface area contributed by atoms with E-state index in [1.165, 1.54) is 0 Å². The second-order valence-electron chi connectivity index (χ2n) is 6.38. The summed E-state index contributed by atoms with van der Waals surface area (Å²) >= 11 is 0. The second-order valence-corrected chi connectivity index (χ2v) is 6.38. The molecule has 0 aliphatic heterocycles. The molecule has 3 aromatic heterocycles. The molecule has 9 nitrogen and oxygen atoms in total. The molecule has 0 aromatic carbocycles. The Labute approximate surface area is 144 Å². The fourth-order valence-corrected chi connectivity index (χ4v) is 2.44. The van der Waals surface area contributed by atoms with E-state index >= 15 is 0 Å². The second kappa shape index (κ2) is 6.58. The molecule has 1 atom stereocenters. The van der Waals surface area contributed by atoms with Crippen molar-refractivity contribution in [3.8, 4) is 0 Å². The van der Waals surface area contributed by atoms with E-state index in [-0.39, 0.29) is 24.3 Å². The molecule has 1 unspecified atom stereocenters. The topological polar surface area (TPSA) is 111 Å². The first-order chi connectivity index (χ1) is 11.8. The normalized spacial score (nSPS) is 12.7. The Bertz CT molecular complexity index is 912. The molecule has 9 heteroatoms. The lowest BCUT2D eigenvalue weighted by Crippen LogP contribution is -2.28. The van der Waals surface area contributed by atoms with Crippen LogP contribution in [0.25, 0.3) is 5.78 Å². The molecule has 0 aliphatic rings. The van der Waals surface area contributed by atoms with Gasteiger partial charge in [-0.2, -0.15) is 4.98 Å². The van der Waals surface area contributed by atoms with Crippen LogP contribution in [-0.2, 0) is 11.2 Å². The van der Waals surface area contributed by atoms with Crippen LogP contribution < -0.4 is 5.32 Å². The Balaban J connectivity index is 1.68. The number of hydrogen-bond donors (Lipinski definition) is 1. The minimum absolute atomic E-state index is 0.0529. The zero-order valence-corrected chi connectivity index (χ0v) is 14.9. The van der Waals surface area contributed by atoms with Crippen LogP contribution >= 0.6 is 0 Å². The predicted octanol–water partition coefficient (Wildman–Crippen LogP) is 1.67. The molecule has 3 aromatic rings. The van der Waals surface area contributed by atoms with Crippen molar-refractivity contribution in [2.24, 2.45) is 0 Å². The summed E-state index contributed by atoms with van der Waals surface area (Å²) in [6.07, 6.45) is 0.0529. The lowest BCUT2D eigenvalue weighted by Gasteiger charge is -2.08. The number of fused-ring (bicyclic) bond motifs is 1. The van der Waals surface area contributed by atoms with Gasteiger partial charge in [0.1, 0.15) is 6.04 Å². The Morgan fingerprint density at radius 1 is 1.20 bits per heavy atom. The quantitative estimate of drug-likeness (QED) is 0.750. The van der Waals surface area contributed by atoms with Gasteiger partial charge in [-0.3, -0.25) is 4.79 Å². The first-order valence-electron chi connectivity index (χ1n) is 8.16. The Morgan fingerprint density at radius 3 is 2.60 bits per heavy atom. The van der Waals surface area contributed by atoms with Gasteiger partial charge in [0.2, 0.25) is 17.7 Å². The number of carbonyl (C=O) groups is 1. The van der Waals surface area contributed by atoms with Crippen molar-refractivity contribution in [1.82, 2.24) is 35.1 Å². The molecule has 0 spiro atoms. The van der Waals surface area contributed by atoms with Crippen LogP contribution in [0, 0.1) is 13.8 Å². The minimum Gasteiger partial charge on any atom is -0.423 e. The Morgan fingerprint density at radius 2 is 1.92 bits per heavy atom. The highest BCUT2D eigenvalue weighted by Crippen LogP contribution is 2.16. The summed E-state index contributed by atoms with van der Waals surface area (Å²) in [4.78, 5) is 20.9. The maximum Gasteiger partial charge on any atom is 0.252 e. The van der Waals surface area contributed by atoms with Gasteiger partial charge in [-0.1, -0.05) is 13.8 Å². The predicted molar refractivity (Wildman–Crippen MR) is 88.9 cm³/mol. The molecule has 0 saturated carbocycles. The molecule has 3 heterocycles. The molecule has 1 N–H and O–H groups in total. The number of hydrogen-bond acceptors (Lipinski definition) is 7. The van der Waals surface area contributed by atoms with E-state index < -0.39 is 0 Å². The molecule has 0 fully saturated rings. The molecule has 0 bridgehead atoms. The smallest absolute Gasteiger partial charge is 0.252 e. The van der Waals surface area contributed by atoms with Gasteiger partial charge in [-0.15, -0.1) is 15.3 Å². The van der Waals surface area contributed by atoms with Crippen LogP contribution in [0.2, 0.25) is 0 Å². The van der Waals surface area contributed by atoms with Crippen molar-refractivity contribution in [1.29, 1.82) is 0 Å². The third-order valence-electron chi connectivity index (χ3n) is 3.68. The summed E-state index contributed by atoms with van der Waals surface area (Å²) in [5.74, 6) is 1.77. The van der Waals surface area contributed by atoms with Crippen molar-refractivity contribution in [2.75, 3.05) is 0 Å².